The summed E-state index contributed by atoms with van der Waals surface area (Å²) in [6, 6.07) is 0. The van der Waals surface area contributed by atoms with Crippen LogP contribution in [0.3, 0.4) is 0 Å². The van der Waals surface area contributed by atoms with Crippen molar-refractivity contribution >= 4 is 28.1 Å². The highest BCUT2D eigenvalue weighted by atomic mass is 32.1. The number of carbonyl (C=O) groups excluding carboxylic acids is 1. The van der Waals surface area contributed by atoms with Crippen molar-refractivity contribution in [1.82, 2.24) is 4.98 Å². The number of rotatable bonds is 3. The van der Waals surface area contributed by atoms with Crippen molar-refractivity contribution in [2.24, 2.45) is 5.73 Å². The Morgan fingerprint density at radius 2 is 1.50 bits per heavy atom. The zero-order chi connectivity index (χ0) is 13.9. The lowest BCUT2D eigenvalue weighted by molar-refractivity contribution is 0.1000. The molecule has 110 valence electrons. The van der Waals surface area contributed by atoms with Crippen LogP contribution in [0.5, 0.6) is 0 Å². The first kappa shape index (κ1) is 13.7. The van der Waals surface area contributed by atoms with E-state index in [0.717, 1.165) is 37.0 Å². The highest BCUT2D eigenvalue weighted by molar-refractivity contribution is 7.18. The number of primary amides is 1. The third kappa shape index (κ3) is 2.75. The second kappa shape index (κ2) is 5.99. The van der Waals surface area contributed by atoms with E-state index in [1.54, 1.807) is 0 Å². The Balaban J connectivity index is 1.90. The molecule has 0 aromatic carbocycles. The summed E-state index contributed by atoms with van der Waals surface area (Å²) in [5.41, 5.74) is 5.43. The fraction of sp³-hybridized carbons (Fsp3) is 0.714. The summed E-state index contributed by atoms with van der Waals surface area (Å²) >= 11 is 1.47. The molecular weight excluding hydrogens is 272 g/mol. The van der Waals surface area contributed by atoms with Crippen LogP contribution in [0, 0.1) is 0 Å². The highest BCUT2D eigenvalue weighted by Crippen LogP contribution is 2.37. The van der Waals surface area contributed by atoms with Crippen LogP contribution >= 0.6 is 11.3 Å². The number of nitrogens with two attached hydrogens (primary N) is 1. The molecule has 2 fully saturated rings. The molecule has 0 bridgehead atoms. The Morgan fingerprint density at radius 3 is 2.05 bits per heavy atom. The monoisotopic (exact) mass is 294 g/mol. The lowest BCUT2D eigenvalue weighted by Gasteiger charge is -2.32. The molecule has 1 aromatic rings. The molecule has 0 aliphatic carbocycles. The van der Waals surface area contributed by atoms with Crippen LogP contribution in [0.25, 0.3) is 0 Å². The normalized spacial score (nSPS) is 20.2. The lowest BCUT2D eigenvalue weighted by atomic mass is 10.1. The number of nitrogens with zero attached hydrogens (tertiary/aromatic N) is 3. The van der Waals surface area contributed by atoms with Crippen LogP contribution in [0.15, 0.2) is 0 Å². The van der Waals surface area contributed by atoms with Gasteiger partial charge in [0.05, 0.1) is 0 Å². The Morgan fingerprint density at radius 1 is 0.950 bits per heavy atom. The Kier molecular flexibility index (Phi) is 4.10. The number of aromatic nitrogens is 1. The SMILES string of the molecule is NC(=O)c1nc(N2CCCCC2)c(N2CCCCC2)s1. The molecule has 2 N–H and O–H groups in total. The molecule has 3 rings (SSSR count). The topological polar surface area (TPSA) is 62.5 Å². The van der Waals surface area contributed by atoms with E-state index in [9.17, 15) is 4.79 Å². The van der Waals surface area contributed by atoms with Crippen molar-refractivity contribution in [2.75, 3.05) is 36.0 Å². The summed E-state index contributed by atoms with van der Waals surface area (Å²) < 4.78 is 0. The molecule has 0 atom stereocenters. The van der Waals surface area contributed by atoms with Gasteiger partial charge in [0.15, 0.2) is 10.8 Å². The van der Waals surface area contributed by atoms with Crippen molar-refractivity contribution in [3.63, 3.8) is 0 Å². The third-order valence-electron chi connectivity index (χ3n) is 4.10. The van der Waals surface area contributed by atoms with Gasteiger partial charge in [0.2, 0.25) is 0 Å². The van der Waals surface area contributed by atoms with Gasteiger partial charge in [-0.25, -0.2) is 4.98 Å². The van der Waals surface area contributed by atoms with Gasteiger partial charge in [0.25, 0.3) is 5.91 Å². The fourth-order valence-corrected chi connectivity index (χ4v) is 4.02. The summed E-state index contributed by atoms with van der Waals surface area (Å²) in [7, 11) is 0. The molecule has 0 spiro atoms. The molecular formula is C14H22N4OS. The van der Waals surface area contributed by atoms with Crippen molar-refractivity contribution in [3.05, 3.63) is 5.01 Å². The van der Waals surface area contributed by atoms with Gasteiger partial charge in [0, 0.05) is 26.2 Å². The molecule has 2 saturated heterocycles. The molecule has 0 unspecified atom stereocenters. The minimum absolute atomic E-state index is 0.406. The van der Waals surface area contributed by atoms with E-state index in [2.05, 4.69) is 14.8 Å². The smallest absolute Gasteiger partial charge is 0.277 e. The van der Waals surface area contributed by atoms with Crippen molar-refractivity contribution in [3.8, 4) is 0 Å². The van der Waals surface area contributed by atoms with Gasteiger partial charge in [0.1, 0.15) is 5.00 Å². The Labute approximate surface area is 123 Å². The number of hydrogen-bond acceptors (Lipinski definition) is 5. The van der Waals surface area contributed by atoms with E-state index in [1.807, 2.05) is 0 Å². The zero-order valence-corrected chi connectivity index (χ0v) is 12.6. The average molecular weight is 294 g/mol. The van der Waals surface area contributed by atoms with E-state index in [4.69, 9.17) is 5.73 Å². The molecule has 2 aliphatic heterocycles. The number of thiazole rings is 1. The summed E-state index contributed by atoms with van der Waals surface area (Å²) in [6.45, 7) is 4.23. The van der Waals surface area contributed by atoms with E-state index >= 15 is 0 Å². The van der Waals surface area contributed by atoms with Gasteiger partial charge in [-0.15, -0.1) is 0 Å². The summed E-state index contributed by atoms with van der Waals surface area (Å²) in [5.74, 6) is 0.585. The second-order valence-corrected chi connectivity index (χ2v) is 6.58. The lowest BCUT2D eigenvalue weighted by Crippen LogP contribution is -2.34. The van der Waals surface area contributed by atoms with Crippen molar-refractivity contribution in [1.29, 1.82) is 0 Å². The van der Waals surface area contributed by atoms with Crippen LogP contribution in [0.4, 0.5) is 10.8 Å². The van der Waals surface area contributed by atoms with Gasteiger partial charge >= 0.3 is 0 Å². The molecule has 20 heavy (non-hydrogen) atoms. The van der Waals surface area contributed by atoms with Gasteiger partial charge < -0.3 is 15.5 Å². The summed E-state index contributed by atoms with van der Waals surface area (Å²) in [6.07, 6.45) is 7.47. The summed E-state index contributed by atoms with van der Waals surface area (Å²) in [5, 5.41) is 1.60. The maximum atomic E-state index is 11.5. The third-order valence-corrected chi connectivity index (χ3v) is 5.22. The predicted molar refractivity (Wildman–Crippen MR) is 82.8 cm³/mol. The fourth-order valence-electron chi connectivity index (χ4n) is 3.02. The van der Waals surface area contributed by atoms with Crippen LogP contribution in [-0.4, -0.2) is 37.1 Å². The number of carbonyl (C=O) groups is 1. The quantitative estimate of drug-likeness (QED) is 0.928. The molecule has 1 amide bonds. The minimum atomic E-state index is -0.406. The maximum absolute atomic E-state index is 11.5. The van der Waals surface area contributed by atoms with Crippen molar-refractivity contribution < 1.29 is 4.79 Å². The average Bonchev–Trinajstić information content (AvgIpc) is 2.94. The Bertz CT molecular complexity index is 440. The molecule has 1 aromatic heterocycles. The first-order valence-corrected chi connectivity index (χ1v) is 8.38. The van der Waals surface area contributed by atoms with Gasteiger partial charge in [-0.05, 0) is 38.5 Å². The number of amides is 1. The van der Waals surface area contributed by atoms with Crippen LogP contribution < -0.4 is 15.5 Å². The first-order valence-electron chi connectivity index (χ1n) is 7.56. The van der Waals surface area contributed by atoms with E-state index in [-0.39, 0.29) is 0 Å². The largest absolute Gasteiger partial charge is 0.364 e. The number of anilines is 2. The van der Waals surface area contributed by atoms with E-state index < -0.39 is 5.91 Å². The maximum Gasteiger partial charge on any atom is 0.277 e. The van der Waals surface area contributed by atoms with Crippen molar-refractivity contribution in [2.45, 2.75) is 38.5 Å². The van der Waals surface area contributed by atoms with Gasteiger partial charge in [-0.3, -0.25) is 4.79 Å². The molecule has 6 heteroatoms. The zero-order valence-electron chi connectivity index (χ0n) is 11.8. The van der Waals surface area contributed by atoms with Gasteiger partial charge in [-0.1, -0.05) is 11.3 Å². The molecule has 5 nitrogen and oxygen atoms in total. The summed E-state index contributed by atoms with van der Waals surface area (Å²) in [4.78, 5) is 20.7. The van der Waals surface area contributed by atoms with Crippen LogP contribution in [-0.2, 0) is 0 Å². The van der Waals surface area contributed by atoms with Crippen LogP contribution in [0.2, 0.25) is 0 Å². The van der Waals surface area contributed by atoms with E-state index in [1.165, 1.54) is 49.9 Å². The minimum Gasteiger partial charge on any atom is -0.364 e. The standard InChI is InChI=1S/C14H22N4OS/c15-11(19)13-16-12(17-7-3-1-4-8-17)14(20-13)18-9-5-2-6-10-18/h1-10H2,(H2,15,19). The van der Waals surface area contributed by atoms with E-state index in [0.29, 0.717) is 5.01 Å². The van der Waals surface area contributed by atoms with Crippen LogP contribution in [0.1, 0.15) is 48.3 Å². The molecule has 3 heterocycles. The molecule has 0 saturated carbocycles. The predicted octanol–water partition coefficient (Wildman–Crippen LogP) is 2.22. The number of hydrogen-bond donors (Lipinski definition) is 1. The van der Waals surface area contributed by atoms with Gasteiger partial charge in [-0.2, -0.15) is 0 Å². The molecule has 2 aliphatic rings. The first-order chi connectivity index (χ1) is 9.75. The Hall–Kier alpha value is -1.30. The number of piperidine rings is 2. The highest BCUT2D eigenvalue weighted by Gasteiger charge is 2.25. The molecule has 0 radical (unpaired) electrons. The second-order valence-electron chi connectivity index (χ2n) is 5.61.